The second kappa shape index (κ2) is 10.8. The lowest BCUT2D eigenvalue weighted by Crippen LogP contribution is -2.73. The van der Waals surface area contributed by atoms with Gasteiger partial charge in [0.15, 0.2) is 0 Å². The van der Waals surface area contributed by atoms with Crippen molar-refractivity contribution in [3.05, 3.63) is 175 Å². The van der Waals surface area contributed by atoms with Crippen LogP contribution in [0, 0.1) is 34.9 Å². The highest BCUT2D eigenvalue weighted by molar-refractivity contribution is 7.25. The molecule has 55 heavy (non-hydrogen) atoms. The summed E-state index contributed by atoms with van der Waals surface area (Å²) in [5.41, 5.74) is 14.7. The number of fused-ring (bicyclic) bond motifs is 11. The van der Waals surface area contributed by atoms with E-state index in [4.69, 9.17) is 0 Å². The topological polar surface area (TPSA) is 3.24 Å². The van der Waals surface area contributed by atoms with Gasteiger partial charge in [0.1, 0.15) is 5.82 Å². The Morgan fingerprint density at radius 2 is 1.22 bits per heavy atom. The Morgan fingerprint density at radius 1 is 0.509 bits per heavy atom. The molecule has 0 N–H and O–H groups in total. The van der Waals surface area contributed by atoms with E-state index < -0.39 is 0 Å². The number of hydrogen-bond donors (Lipinski definition) is 0. The highest BCUT2D eigenvalue weighted by Gasteiger charge is 2.84. The predicted octanol–water partition coefficient (Wildman–Crippen LogP) is 14.3. The van der Waals surface area contributed by atoms with Gasteiger partial charge < -0.3 is 4.90 Å². The van der Waals surface area contributed by atoms with Crippen molar-refractivity contribution in [3.8, 4) is 33.4 Å². The van der Waals surface area contributed by atoms with Gasteiger partial charge in [0.25, 0.3) is 0 Å². The minimum atomic E-state index is -0.185. The van der Waals surface area contributed by atoms with Gasteiger partial charge in [-0.25, -0.2) is 4.39 Å². The van der Waals surface area contributed by atoms with Gasteiger partial charge in [-0.2, -0.15) is 0 Å². The average molecular weight is 728 g/mol. The Labute approximate surface area is 324 Å². The van der Waals surface area contributed by atoms with Gasteiger partial charge in [0.05, 0.1) is 0 Å². The van der Waals surface area contributed by atoms with Crippen molar-refractivity contribution in [2.75, 3.05) is 4.90 Å². The van der Waals surface area contributed by atoms with Gasteiger partial charge in [-0.15, -0.1) is 11.3 Å². The van der Waals surface area contributed by atoms with Crippen molar-refractivity contribution < 1.29 is 4.39 Å². The van der Waals surface area contributed by atoms with E-state index in [1.54, 1.807) is 17.7 Å². The molecule has 0 saturated heterocycles. The van der Waals surface area contributed by atoms with Crippen LogP contribution in [0.3, 0.4) is 0 Å². The molecule has 5 aliphatic carbocycles. The van der Waals surface area contributed by atoms with Crippen LogP contribution in [0.2, 0.25) is 0 Å². The van der Waals surface area contributed by atoms with E-state index in [0.29, 0.717) is 17.3 Å². The van der Waals surface area contributed by atoms with Crippen molar-refractivity contribution >= 4 is 48.6 Å². The van der Waals surface area contributed by atoms with E-state index in [1.807, 2.05) is 23.5 Å². The number of nitrogens with zero attached hydrogens (tertiary/aromatic N) is 1. The molecular weight excluding hydrogens is 690 g/mol. The zero-order chi connectivity index (χ0) is 36.0. The molecule has 6 unspecified atom stereocenters. The van der Waals surface area contributed by atoms with Crippen molar-refractivity contribution in [1.29, 1.82) is 0 Å². The molecule has 1 nitrogen and oxygen atoms in total. The number of thiophene rings is 1. The molecule has 1 heterocycles. The normalized spacial score (nSPS) is 26.1. The molecule has 13 rings (SSSR count). The molecule has 0 aliphatic heterocycles. The first kappa shape index (κ1) is 30.8. The summed E-state index contributed by atoms with van der Waals surface area (Å²) in [6, 6.07) is 57.3. The van der Waals surface area contributed by atoms with E-state index in [-0.39, 0.29) is 11.2 Å². The molecule has 4 fully saturated rings. The van der Waals surface area contributed by atoms with Crippen LogP contribution in [0.4, 0.5) is 21.5 Å². The first-order valence-corrected chi connectivity index (χ1v) is 20.8. The van der Waals surface area contributed by atoms with Crippen molar-refractivity contribution in [2.24, 2.45) is 29.1 Å². The molecule has 2 bridgehead atoms. The Kier molecular flexibility index (Phi) is 6.06. The Bertz CT molecular complexity index is 2890. The van der Waals surface area contributed by atoms with Crippen LogP contribution < -0.4 is 4.90 Å². The number of hydrogen-bond acceptors (Lipinski definition) is 2. The minimum Gasteiger partial charge on any atom is -0.310 e. The van der Waals surface area contributed by atoms with Crippen LogP contribution in [0.5, 0.6) is 0 Å². The average Bonchev–Trinajstić information content (AvgIpc) is 3.96. The van der Waals surface area contributed by atoms with E-state index in [1.165, 1.54) is 90.6 Å². The largest absolute Gasteiger partial charge is 0.310 e. The Balaban J connectivity index is 1.01. The summed E-state index contributed by atoms with van der Waals surface area (Å²) >= 11 is 1.88. The van der Waals surface area contributed by atoms with E-state index in [0.717, 1.165) is 23.1 Å². The van der Waals surface area contributed by atoms with Crippen LogP contribution in [0.25, 0.3) is 53.6 Å². The summed E-state index contributed by atoms with van der Waals surface area (Å²) in [6.07, 6.45) is 5.63. The minimum absolute atomic E-state index is 0.0684. The molecule has 2 spiro atoms. The Morgan fingerprint density at radius 3 is 2.11 bits per heavy atom. The Hall–Kier alpha value is -5.51. The van der Waals surface area contributed by atoms with Crippen LogP contribution in [0.1, 0.15) is 36.8 Å². The smallest absolute Gasteiger partial charge is 0.123 e. The summed E-state index contributed by atoms with van der Waals surface area (Å²) in [4.78, 5) is 2.48. The van der Waals surface area contributed by atoms with Crippen molar-refractivity contribution in [3.63, 3.8) is 0 Å². The molecule has 7 aromatic carbocycles. The number of rotatable bonds is 5. The zero-order valence-electron chi connectivity index (χ0n) is 30.4. The lowest BCUT2D eigenvalue weighted by molar-refractivity contribution is -0.231. The highest BCUT2D eigenvalue weighted by Crippen LogP contribution is 2.89. The highest BCUT2D eigenvalue weighted by atomic mass is 32.1. The van der Waals surface area contributed by atoms with E-state index in [2.05, 4.69) is 138 Å². The fourth-order valence-electron chi connectivity index (χ4n) is 13.1. The molecule has 5 aliphatic rings. The quantitative estimate of drug-likeness (QED) is 0.171. The lowest BCUT2D eigenvalue weighted by atomic mass is 9.27. The summed E-state index contributed by atoms with van der Waals surface area (Å²) in [5, 5.41) is 2.64. The lowest BCUT2D eigenvalue weighted by Gasteiger charge is -2.76. The first-order valence-electron chi connectivity index (χ1n) is 20.0. The molecule has 4 saturated carbocycles. The third kappa shape index (κ3) is 3.92. The van der Waals surface area contributed by atoms with Gasteiger partial charge in [0.2, 0.25) is 0 Å². The maximum absolute atomic E-state index is 14.1. The van der Waals surface area contributed by atoms with Gasteiger partial charge in [0, 0.05) is 42.6 Å². The zero-order valence-corrected chi connectivity index (χ0v) is 31.2. The van der Waals surface area contributed by atoms with Crippen molar-refractivity contribution in [2.45, 2.75) is 31.1 Å². The molecule has 6 atom stereocenters. The summed E-state index contributed by atoms with van der Waals surface area (Å²) in [7, 11) is 0. The SMILES string of the molecule is Fc1ccc(-c2ccc3c(c2)C2(c4ccc(N(c5cccc(-c6ccccc6)c5)c5ccc6c(c5)sc5ccccc56)cc4-3)C3CC4CC5CC2C53C4)cc1. The van der Waals surface area contributed by atoms with Gasteiger partial charge >= 0.3 is 0 Å². The maximum Gasteiger partial charge on any atom is 0.123 e. The van der Waals surface area contributed by atoms with Gasteiger partial charge in [-0.05, 0) is 160 Å². The third-order valence-corrected chi connectivity index (χ3v) is 16.1. The molecular formula is C52H38FNS. The van der Waals surface area contributed by atoms with Crippen LogP contribution in [0.15, 0.2) is 158 Å². The standard InChI is InChI=1S/C52H38FNS/c53-37-16-13-33(14-17-37)35-15-20-41-44-28-39(19-22-45(44)52(46(41)26-35)49-24-31-23-36-27-50(52)51(36,49)30-31)54(38-10-6-9-34(25-38)32-7-2-1-3-8-32)40-18-21-43-42-11-4-5-12-47(42)55-48(43)29-40/h1-22,25-26,28-29,31,36,49-50H,23-24,27,30H2. The molecule has 3 heteroatoms. The molecule has 8 aromatic rings. The summed E-state index contributed by atoms with van der Waals surface area (Å²) in [5.74, 6) is 3.06. The summed E-state index contributed by atoms with van der Waals surface area (Å²) < 4.78 is 16.7. The third-order valence-electron chi connectivity index (χ3n) is 15.0. The predicted molar refractivity (Wildman–Crippen MR) is 226 cm³/mol. The first-order chi connectivity index (χ1) is 27.1. The molecule has 1 aromatic heterocycles. The fourth-order valence-corrected chi connectivity index (χ4v) is 14.2. The van der Waals surface area contributed by atoms with Crippen molar-refractivity contribution in [1.82, 2.24) is 0 Å². The van der Waals surface area contributed by atoms with Gasteiger partial charge in [-0.1, -0.05) is 97.1 Å². The van der Waals surface area contributed by atoms with E-state index in [9.17, 15) is 4.39 Å². The fraction of sp³-hybridized carbons (Fsp3) is 0.192. The number of benzene rings is 7. The van der Waals surface area contributed by atoms with Crippen LogP contribution in [-0.2, 0) is 5.41 Å². The monoisotopic (exact) mass is 727 g/mol. The summed E-state index contributed by atoms with van der Waals surface area (Å²) in [6.45, 7) is 0. The molecule has 0 radical (unpaired) electrons. The maximum atomic E-state index is 14.1. The second-order valence-corrected chi connectivity index (χ2v) is 18.2. The molecule has 0 amide bonds. The second-order valence-electron chi connectivity index (χ2n) is 17.1. The molecule has 264 valence electrons. The van der Waals surface area contributed by atoms with Crippen LogP contribution >= 0.6 is 11.3 Å². The van der Waals surface area contributed by atoms with Crippen LogP contribution in [-0.4, -0.2) is 0 Å². The number of halogens is 1. The van der Waals surface area contributed by atoms with E-state index >= 15 is 0 Å². The van der Waals surface area contributed by atoms with Gasteiger partial charge in [-0.3, -0.25) is 0 Å². The number of anilines is 3.